The summed E-state index contributed by atoms with van der Waals surface area (Å²) in [5, 5.41) is 2.71. The molecule has 1 atom stereocenters. The van der Waals surface area contributed by atoms with Crippen LogP contribution in [0.1, 0.15) is 34.1 Å². The Morgan fingerprint density at radius 1 is 0.862 bits per heavy atom. The maximum atomic E-state index is 6.54. The summed E-state index contributed by atoms with van der Waals surface area (Å²) in [7, 11) is 0. The molecule has 146 valence electrons. The van der Waals surface area contributed by atoms with Gasteiger partial charge in [-0.15, -0.1) is 11.3 Å². The van der Waals surface area contributed by atoms with Crippen LogP contribution in [0, 0.1) is 5.41 Å². The monoisotopic (exact) mass is 398 g/mol. The van der Waals surface area contributed by atoms with Gasteiger partial charge in [-0.1, -0.05) is 68.4 Å². The lowest BCUT2D eigenvalue weighted by Crippen LogP contribution is -2.37. The number of benzene rings is 3. The molecule has 1 aromatic heterocycles. The van der Waals surface area contributed by atoms with Crippen molar-refractivity contribution >= 4 is 43.9 Å². The van der Waals surface area contributed by atoms with Crippen molar-refractivity contribution in [2.45, 2.75) is 46.0 Å². The van der Waals surface area contributed by atoms with E-state index in [1.807, 2.05) is 11.3 Å². The van der Waals surface area contributed by atoms with Gasteiger partial charge in [0, 0.05) is 20.2 Å². The van der Waals surface area contributed by atoms with Crippen LogP contribution >= 0.6 is 11.3 Å². The lowest BCUT2D eigenvalue weighted by Gasteiger charge is -2.36. The molecule has 2 heterocycles. The molecule has 0 radical (unpaired) electrons. The maximum absolute atomic E-state index is 6.54. The van der Waals surface area contributed by atoms with Crippen molar-refractivity contribution in [3.63, 3.8) is 0 Å². The van der Waals surface area contributed by atoms with Gasteiger partial charge in [-0.05, 0) is 60.7 Å². The summed E-state index contributed by atoms with van der Waals surface area (Å²) in [4.78, 5) is 0. The van der Waals surface area contributed by atoms with Crippen LogP contribution in [-0.2, 0) is 4.65 Å². The third-order valence-electron chi connectivity index (χ3n) is 7.28. The van der Waals surface area contributed by atoms with Crippen molar-refractivity contribution in [2.75, 3.05) is 0 Å². The second-order valence-corrected chi connectivity index (χ2v) is 10.3. The minimum atomic E-state index is -0.0988. The zero-order valence-electron chi connectivity index (χ0n) is 17.7. The molecule has 0 N–H and O–H groups in total. The Morgan fingerprint density at radius 3 is 2.41 bits per heavy atom. The van der Waals surface area contributed by atoms with Crippen molar-refractivity contribution in [2.24, 2.45) is 5.41 Å². The van der Waals surface area contributed by atoms with Crippen molar-refractivity contribution in [3.05, 3.63) is 66.7 Å². The molecule has 0 aliphatic carbocycles. The normalized spacial score (nSPS) is 21.3. The molecule has 1 aliphatic rings. The van der Waals surface area contributed by atoms with E-state index in [2.05, 4.69) is 94.4 Å². The van der Waals surface area contributed by atoms with Gasteiger partial charge in [-0.2, -0.15) is 0 Å². The maximum Gasteiger partial charge on any atom is 0.327 e. The average molecular weight is 398 g/mol. The highest BCUT2D eigenvalue weighted by molar-refractivity contribution is 7.25. The minimum absolute atomic E-state index is 0.0988. The van der Waals surface area contributed by atoms with Crippen molar-refractivity contribution in [1.82, 2.24) is 0 Å². The molecule has 0 spiro atoms. The Hall–Kier alpha value is -2.10. The van der Waals surface area contributed by atoms with Crippen LogP contribution in [0.5, 0.6) is 0 Å². The minimum Gasteiger partial charge on any atom is -0.426 e. The third kappa shape index (κ3) is 3.03. The van der Waals surface area contributed by atoms with Gasteiger partial charge in [0.15, 0.2) is 0 Å². The van der Waals surface area contributed by atoms with E-state index >= 15 is 0 Å². The van der Waals surface area contributed by atoms with Crippen LogP contribution < -0.4 is 5.46 Å². The lowest BCUT2D eigenvalue weighted by atomic mass is 9.53. The van der Waals surface area contributed by atoms with Gasteiger partial charge in [-0.25, -0.2) is 0 Å². The van der Waals surface area contributed by atoms with Crippen LogP contribution in [0.2, 0.25) is 6.32 Å². The molecule has 29 heavy (non-hydrogen) atoms. The van der Waals surface area contributed by atoms with Crippen LogP contribution in [0.15, 0.2) is 66.7 Å². The molecule has 5 rings (SSSR count). The Kier molecular flexibility index (Phi) is 4.38. The first kappa shape index (κ1) is 18.9. The van der Waals surface area contributed by atoms with E-state index in [0.717, 1.165) is 12.7 Å². The summed E-state index contributed by atoms with van der Waals surface area (Å²) in [5.74, 6) is 0. The van der Waals surface area contributed by atoms with E-state index in [-0.39, 0.29) is 17.9 Å². The second kappa shape index (κ2) is 6.72. The van der Waals surface area contributed by atoms with Gasteiger partial charge in [0.2, 0.25) is 0 Å². The number of fused-ring (bicyclic) bond motifs is 3. The third-order valence-corrected chi connectivity index (χ3v) is 8.41. The molecule has 0 amide bonds. The first-order valence-electron chi connectivity index (χ1n) is 10.6. The Bertz CT molecular complexity index is 1210. The summed E-state index contributed by atoms with van der Waals surface area (Å²) in [5.41, 5.74) is 3.96. The van der Waals surface area contributed by atoms with E-state index in [1.54, 1.807) is 0 Å². The lowest BCUT2D eigenvalue weighted by molar-refractivity contribution is 0.0232. The number of hydrogen-bond donors (Lipinski definition) is 0. The van der Waals surface area contributed by atoms with Gasteiger partial charge < -0.3 is 4.65 Å². The first-order chi connectivity index (χ1) is 13.9. The standard InChI is InChI=1S/C26H27BOS/c1-5-26(4)17-27(28-25(26,2)3)20-10-8-9-18(15-20)19-13-14-22-21-11-6-7-12-23(21)29-24(22)16-19/h6-16H,5,17H2,1-4H3. The number of hydrogen-bond acceptors (Lipinski definition) is 2. The summed E-state index contributed by atoms with van der Waals surface area (Å²) in [6.07, 6.45) is 2.22. The van der Waals surface area contributed by atoms with Gasteiger partial charge in [0.05, 0.1) is 5.60 Å². The van der Waals surface area contributed by atoms with E-state index < -0.39 is 0 Å². The molecular formula is C26H27BOS. The highest BCUT2D eigenvalue weighted by Crippen LogP contribution is 2.48. The first-order valence-corrected chi connectivity index (χ1v) is 11.4. The van der Waals surface area contributed by atoms with E-state index in [0.29, 0.717) is 0 Å². The zero-order valence-corrected chi connectivity index (χ0v) is 18.5. The van der Waals surface area contributed by atoms with E-state index in [4.69, 9.17) is 4.65 Å². The van der Waals surface area contributed by atoms with Crippen LogP contribution in [-0.4, -0.2) is 12.5 Å². The molecule has 1 nitrogen and oxygen atoms in total. The zero-order chi connectivity index (χ0) is 20.2. The average Bonchev–Trinajstić information content (AvgIpc) is 3.22. The van der Waals surface area contributed by atoms with Crippen molar-refractivity contribution in [3.8, 4) is 11.1 Å². The second-order valence-electron chi connectivity index (χ2n) is 9.17. The summed E-state index contributed by atoms with van der Waals surface area (Å²) in [6.45, 7) is 9.31. The molecule has 1 fully saturated rings. The highest BCUT2D eigenvalue weighted by atomic mass is 32.1. The molecule has 1 saturated heterocycles. The molecular weight excluding hydrogens is 371 g/mol. The van der Waals surface area contributed by atoms with Crippen LogP contribution in [0.25, 0.3) is 31.3 Å². The number of rotatable bonds is 3. The van der Waals surface area contributed by atoms with Gasteiger partial charge >= 0.3 is 6.92 Å². The molecule has 0 saturated carbocycles. The predicted molar refractivity (Wildman–Crippen MR) is 129 cm³/mol. The van der Waals surface area contributed by atoms with Crippen molar-refractivity contribution < 1.29 is 4.65 Å². The summed E-state index contributed by atoms with van der Waals surface area (Å²) in [6, 6.07) is 24.5. The fourth-order valence-corrected chi connectivity index (χ4v) is 5.92. The fraction of sp³-hybridized carbons (Fsp3) is 0.308. The predicted octanol–water partition coefficient (Wildman–Crippen LogP) is 7.15. The Labute approximate surface area is 177 Å². The van der Waals surface area contributed by atoms with E-state index in [1.165, 1.54) is 36.8 Å². The number of thiophene rings is 1. The largest absolute Gasteiger partial charge is 0.426 e. The Morgan fingerprint density at radius 2 is 1.62 bits per heavy atom. The molecule has 3 heteroatoms. The van der Waals surface area contributed by atoms with Crippen LogP contribution in [0.3, 0.4) is 0 Å². The van der Waals surface area contributed by atoms with Crippen LogP contribution in [0.4, 0.5) is 0 Å². The SMILES string of the molecule is CCC1(C)CB(c2cccc(-c3ccc4c(c3)sc3ccccc34)c2)OC1(C)C. The topological polar surface area (TPSA) is 9.23 Å². The summed E-state index contributed by atoms with van der Waals surface area (Å²) >= 11 is 1.88. The van der Waals surface area contributed by atoms with Gasteiger partial charge in [-0.3, -0.25) is 0 Å². The molecule has 0 bridgehead atoms. The highest BCUT2D eigenvalue weighted by Gasteiger charge is 2.51. The molecule has 1 aliphatic heterocycles. The van der Waals surface area contributed by atoms with Gasteiger partial charge in [0.25, 0.3) is 0 Å². The molecule has 1 unspecified atom stereocenters. The smallest absolute Gasteiger partial charge is 0.327 e. The fourth-order valence-electron chi connectivity index (χ4n) is 4.77. The summed E-state index contributed by atoms with van der Waals surface area (Å²) < 4.78 is 9.25. The molecule has 3 aromatic carbocycles. The van der Waals surface area contributed by atoms with Crippen molar-refractivity contribution in [1.29, 1.82) is 0 Å². The molecule has 4 aromatic rings. The van der Waals surface area contributed by atoms with Gasteiger partial charge in [0.1, 0.15) is 0 Å². The quantitative estimate of drug-likeness (QED) is 0.333. The Balaban J connectivity index is 1.52. The van der Waals surface area contributed by atoms with E-state index in [9.17, 15) is 0 Å².